The fourth-order valence-electron chi connectivity index (χ4n) is 3.30. The summed E-state index contributed by atoms with van der Waals surface area (Å²) in [7, 11) is 1.52. The van der Waals surface area contributed by atoms with Gasteiger partial charge in [-0.05, 0) is 64.0 Å². The van der Waals surface area contributed by atoms with Gasteiger partial charge in [0.1, 0.15) is 24.3 Å². The van der Waals surface area contributed by atoms with E-state index in [4.69, 9.17) is 9.47 Å². The van der Waals surface area contributed by atoms with Gasteiger partial charge in [0.05, 0.1) is 39.8 Å². The summed E-state index contributed by atoms with van der Waals surface area (Å²) in [5.41, 5.74) is 3.31. The number of nitrogens with one attached hydrogen (secondary N) is 1. The van der Waals surface area contributed by atoms with Crippen LogP contribution in [0.5, 0.6) is 11.5 Å². The number of allylic oxidation sites excluding steroid dienone is 1. The molecule has 0 bridgehead atoms. The minimum atomic E-state index is -0.387. The fraction of sp³-hybridized carbons (Fsp3) is 0.0800. The lowest BCUT2D eigenvalue weighted by Crippen LogP contribution is -2.01. The maximum atomic E-state index is 13.5. The molecule has 33 heavy (non-hydrogen) atoms. The van der Waals surface area contributed by atoms with Crippen LogP contribution in [0.1, 0.15) is 22.5 Å². The van der Waals surface area contributed by atoms with Gasteiger partial charge in [0.15, 0.2) is 11.5 Å². The quantitative estimate of drug-likeness (QED) is 0.327. The number of halogens is 2. The normalized spacial score (nSPS) is 11.1. The van der Waals surface area contributed by atoms with Crippen molar-refractivity contribution in [2.45, 2.75) is 6.61 Å². The molecule has 1 heterocycles. The number of rotatable bonds is 6. The molecule has 0 atom stereocenters. The van der Waals surface area contributed by atoms with E-state index < -0.39 is 0 Å². The van der Waals surface area contributed by atoms with E-state index in [-0.39, 0.29) is 18.0 Å². The Labute approximate surface area is 197 Å². The predicted octanol–water partition coefficient (Wildman–Crippen LogP) is 5.99. The summed E-state index contributed by atoms with van der Waals surface area (Å²) < 4.78 is 25.5. The first kappa shape index (κ1) is 22.1. The zero-order valence-electron chi connectivity index (χ0n) is 17.4. The van der Waals surface area contributed by atoms with Crippen molar-refractivity contribution in [3.8, 4) is 23.6 Å². The van der Waals surface area contributed by atoms with Gasteiger partial charge in [-0.15, -0.1) is 0 Å². The third-order valence-corrected chi connectivity index (χ3v) is 5.48. The van der Waals surface area contributed by atoms with Crippen LogP contribution in [0, 0.1) is 28.5 Å². The number of hydrogen-bond acceptors (Lipinski definition) is 5. The second kappa shape index (κ2) is 9.56. The molecule has 8 heteroatoms. The van der Waals surface area contributed by atoms with E-state index in [9.17, 15) is 14.9 Å². The average molecular weight is 503 g/mol. The van der Waals surface area contributed by atoms with Gasteiger partial charge in [0.2, 0.25) is 0 Å². The lowest BCUT2D eigenvalue weighted by Gasteiger charge is -2.14. The van der Waals surface area contributed by atoms with Crippen molar-refractivity contribution in [2.75, 3.05) is 7.11 Å². The topological polar surface area (TPSA) is 94.7 Å². The van der Waals surface area contributed by atoms with E-state index in [0.29, 0.717) is 44.0 Å². The summed E-state index contributed by atoms with van der Waals surface area (Å²) in [6, 6.07) is 19.2. The molecular weight excluding hydrogens is 487 g/mol. The van der Waals surface area contributed by atoms with Crippen LogP contribution < -0.4 is 9.47 Å². The van der Waals surface area contributed by atoms with Crippen molar-refractivity contribution in [3.63, 3.8) is 0 Å². The number of fused-ring (bicyclic) bond motifs is 1. The van der Waals surface area contributed by atoms with Crippen LogP contribution >= 0.6 is 15.9 Å². The van der Waals surface area contributed by atoms with Crippen molar-refractivity contribution >= 4 is 38.6 Å². The molecule has 0 spiro atoms. The van der Waals surface area contributed by atoms with E-state index in [2.05, 4.69) is 38.0 Å². The lowest BCUT2D eigenvalue weighted by molar-refractivity contribution is 0.282. The SMILES string of the molecule is COc1cc(/C=C(/C#N)c2nc3ccc(F)cc3[nH]2)cc(Br)c1OCc1ccccc1C#N. The van der Waals surface area contributed by atoms with Gasteiger partial charge in [0.25, 0.3) is 0 Å². The zero-order valence-corrected chi connectivity index (χ0v) is 19.0. The molecule has 0 radical (unpaired) electrons. The Morgan fingerprint density at radius 3 is 2.76 bits per heavy atom. The number of aromatic nitrogens is 2. The van der Waals surface area contributed by atoms with Crippen LogP contribution in [0.4, 0.5) is 4.39 Å². The lowest BCUT2D eigenvalue weighted by atomic mass is 10.1. The summed E-state index contributed by atoms with van der Waals surface area (Å²) in [6.07, 6.45) is 1.65. The van der Waals surface area contributed by atoms with Gasteiger partial charge < -0.3 is 14.5 Å². The number of nitriles is 2. The molecule has 0 aliphatic carbocycles. The largest absolute Gasteiger partial charge is 0.493 e. The standard InChI is InChI=1S/C25H16BrFN4O2/c1-32-23-10-15(8-18(13-29)25-30-21-7-6-19(27)11-22(21)31-25)9-20(26)24(23)33-14-17-5-3-2-4-16(17)12-28/h2-11H,14H2,1H3,(H,30,31)/b18-8-. The maximum Gasteiger partial charge on any atom is 0.175 e. The van der Waals surface area contributed by atoms with E-state index in [1.54, 1.807) is 36.4 Å². The average Bonchev–Trinajstić information content (AvgIpc) is 3.24. The molecule has 0 fully saturated rings. The van der Waals surface area contributed by atoms with E-state index in [1.807, 2.05) is 12.1 Å². The van der Waals surface area contributed by atoms with Crippen molar-refractivity contribution in [1.82, 2.24) is 9.97 Å². The third kappa shape index (κ3) is 4.72. The van der Waals surface area contributed by atoms with Gasteiger partial charge in [-0.1, -0.05) is 18.2 Å². The monoisotopic (exact) mass is 502 g/mol. The molecule has 0 aliphatic heterocycles. The first-order valence-corrected chi connectivity index (χ1v) is 10.6. The molecule has 0 unspecified atom stereocenters. The summed E-state index contributed by atoms with van der Waals surface area (Å²) >= 11 is 3.50. The molecule has 0 amide bonds. The Morgan fingerprint density at radius 2 is 2.00 bits per heavy atom. The van der Waals surface area contributed by atoms with Crippen molar-refractivity contribution < 1.29 is 13.9 Å². The highest BCUT2D eigenvalue weighted by Gasteiger charge is 2.14. The molecule has 6 nitrogen and oxygen atoms in total. The number of nitrogens with zero attached hydrogens (tertiary/aromatic N) is 3. The van der Waals surface area contributed by atoms with Gasteiger partial charge >= 0.3 is 0 Å². The highest BCUT2D eigenvalue weighted by atomic mass is 79.9. The molecule has 0 saturated carbocycles. The second-order valence-electron chi connectivity index (χ2n) is 7.01. The van der Waals surface area contributed by atoms with Gasteiger partial charge in [-0.3, -0.25) is 0 Å². The molecule has 1 aromatic heterocycles. The van der Waals surface area contributed by atoms with Crippen molar-refractivity contribution in [1.29, 1.82) is 10.5 Å². The number of aromatic amines is 1. The van der Waals surface area contributed by atoms with Gasteiger partial charge in [0, 0.05) is 5.56 Å². The van der Waals surface area contributed by atoms with Crippen LogP contribution in [0.3, 0.4) is 0 Å². The summed E-state index contributed by atoms with van der Waals surface area (Å²) in [6.45, 7) is 0.187. The third-order valence-electron chi connectivity index (χ3n) is 4.89. The number of methoxy groups -OCH3 is 1. The number of hydrogen-bond donors (Lipinski definition) is 1. The van der Waals surface area contributed by atoms with Crippen LogP contribution in [0.25, 0.3) is 22.7 Å². The van der Waals surface area contributed by atoms with E-state index in [1.165, 1.54) is 19.2 Å². The zero-order chi connectivity index (χ0) is 23.4. The van der Waals surface area contributed by atoms with Crippen molar-refractivity contribution in [2.24, 2.45) is 0 Å². The number of imidazole rings is 1. The van der Waals surface area contributed by atoms with Gasteiger partial charge in [-0.25, -0.2) is 9.37 Å². The predicted molar refractivity (Wildman–Crippen MR) is 126 cm³/mol. The molecule has 0 saturated heterocycles. The Bertz CT molecular complexity index is 1460. The highest BCUT2D eigenvalue weighted by molar-refractivity contribution is 9.10. The fourth-order valence-corrected chi connectivity index (χ4v) is 3.87. The molecule has 3 aromatic carbocycles. The molecule has 1 N–H and O–H groups in total. The number of ether oxygens (including phenoxy) is 2. The van der Waals surface area contributed by atoms with E-state index >= 15 is 0 Å². The Hall–Kier alpha value is -4.14. The first-order valence-electron chi connectivity index (χ1n) is 9.78. The van der Waals surface area contributed by atoms with E-state index in [0.717, 1.165) is 5.56 Å². The molecule has 4 aromatic rings. The van der Waals surface area contributed by atoms with Crippen LogP contribution in [0.2, 0.25) is 0 Å². The molecule has 0 aliphatic rings. The Morgan fingerprint density at radius 1 is 1.18 bits per heavy atom. The minimum absolute atomic E-state index is 0.187. The summed E-state index contributed by atoms with van der Waals surface area (Å²) in [4.78, 5) is 7.35. The molecular formula is C25H16BrFN4O2. The minimum Gasteiger partial charge on any atom is -0.493 e. The molecule has 4 rings (SSSR count). The van der Waals surface area contributed by atoms with Crippen LogP contribution in [0.15, 0.2) is 59.1 Å². The maximum absolute atomic E-state index is 13.5. The smallest absolute Gasteiger partial charge is 0.175 e. The second-order valence-corrected chi connectivity index (χ2v) is 7.86. The van der Waals surface area contributed by atoms with Crippen LogP contribution in [-0.4, -0.2) is 17.1 Å². The highest BCUT2D eigenvalue weighted by Crippen LogP contribution is 2.38. The molecule has 162 valence electrons. The Kier molecular flexibility index (Phi) is 6.39. The van der Waals surface area contributed by atoms with Gasteiger partial charge in [-0.2, -0.15) is 10.5 Å². The summed E-state index contributed by atoms with van der Waals surface area (Å²) in [5.74, 6) is 0.873. The van der Waals surface area contributed by atoms with Crippen molar-refractivity contribution in [3.05, 3.63) is 87.4 Å². The number of benzene rings is 3. The Balaban J connectivity index is 1.65. The first-order chi connectivity index (χ1) is 16.0. The summed E-state index contributed by atoms with van der Waals surface area (Å²) in [5, 5.41) is 19.0. The van der Waals surface area contributed by atoms with Crippen LogP contribution in [-0.2, 0) is 6.61 Å². The number of H-pyrrole nitrogens is 1.